The molecule has 118 valence electrons. The third-order valence-corrected chi connectivity index (χ3v) is 3.89. The first-order valence-electron chi connectivity index (χ1n) is 7.41. The van der Waals surface area contributed by atoms with Crippen molar-refractivity contribution in [3.05, 3.63) is 35.9 Å². The summed E-state index contributed by atoms with van der Waals surface area (Å²) in [4.78, 5) is 34.5. The van der Waals surface area contributed by atoms with Gasteiger partial charge in [0.15, 0.2) is 0 Å². The lowest BCUT2D eigenvalue weighted by Crippen LogP contribution is -2.43. The Morgan fingerprint density at radius 1 is 1.05 bits per heavy atom. The molecule has 2 amide bonds. The van der Waals surface area contributed by atoms with Crippen LogP contribution in [0.15, 0.2) is 30.3 Å². The highest BCUT2D eigenvalue weighted by Crippen LogP contribution is 2.24. The third kappa shape index (κ3) is 4.58. The molecule has 0 aliphatic heterocycles. The van der Waals surface area contributed by atoms with Gasteiger partial charge in [0.1, 0.15) is 0 Å². The van der Waals surface area contributed by atoms with E-state index < -0.39 is 5.97 Å². The Balaban J connectivity index is 1.70. The Labute approximate surface area is 128 Å². The highest BCUT2D eigenvalue weighted by Gasteiger charge is 2.26. The zero-order valence-electron chi connectivity index (χ0n) is 12.2. The van der Waals surface area contributed by atoms with Crippen LogP contribution in [-0.4, -0.2) is 35.5 Å². The van der Waals surface area contributed by atoms with Gasteiger partial charge in [-0.3, -0.25) is 14.4 Å². The molecule has 0 radical (unpaired) electrons. The van der Waals surface area contributed by atoms with Gasteiger partial charge in [0.05, 0.1) is 12.5 Å². The molecule has 0 unspecified atom stereocenters. The fraction of sp³-hybridized carbons (Fsp3) is 0.438. The molecule has 6 nitrogen and oxygen atoms in total. The lowest BCUT2D eigenvalue weighted by Gasteiger charge is -2.26. The van der Waals surface area contributed by atoms with E-state index in [1.807, 2.05) is 6.07 Å². The number of carbonyl (C=O) groups is 3. The predicted molar refractivity (Wildman–Crippen MR) is 80.3 cm³/mol. The number of nitrogens with one attached hydrogen (secondary N) is 2. The van der Waals surface area contributed by atoms with Crippen molar-refractivity contribution in [3.8, 4) is 0 Å². The molecule has 1 aliphatic rings. The maximum absolute atomic E-state index is 11.8. The van der Waals surface area contributed by atoms with Gasteiger partial charge in [-0.05, 0) is 37.8 Å². The van der Waals surface area contributed by atoms with Crippen LogP contribution in [0.1, 0.15) is 36.0 Å². The van der Waals surface area contributed by atoms with E-state index in [2.05, 4.69) is 10.6 Å². The van der Waals surface area contributed by atoms with Crippen molar-refractivity contribution in [2.24, 2.45) is 5.92 Å². The van der Waals surface area contributed by atoms with Crippen molar-refractivity contribution >= 4 is 17.8 Å². The van der Waals surface area contributed by atoms with E-state index in [9.17, 15) is 14.4 Å². The minimum atomic E-state index is -0.764. The van der Waals surface area contributed by atoms with Crippen LogP contribution in [0.5, 0.6) is 0 Å². The zero-order valence-corrected chi connectivity index (χ0v) is 12.2. The smallest absolute Gasteiger partial charge is 0.306 e. The normalized spacial score (nSPS) is 20.9. The molecule has 2 rings (SSSR count). The topological polar surface area (TPSA) is 95.5 Å². The van der Waals surface area contributed by atoms with E-state index in [4.69, 9.17) is 5.11 Å². The summed E-state index contributed by atoms with van der Waals surface area (Å²) in [5, 5.41) is 14.3. The largest absolute Gasteiger partial charge is 0.481 e. The van der Waals surface area contributed by atoms with E-state index >= 15 is 0 Å². The first kappa shape index (κ1) is 16.0. The van der Waals surface area contributed by atoms with Crippen molar-refractivity contribution in [2.45, 2.75) is 31.7 Å². The van der Waals surface area contributed by atoms with Crippen molar-refractivity contribution in [1.29, 1.82) is 0 Å². The van der Waals surface area contributed by atoms with Gasteiger partial charge in [-0.2, -0.15) is 0 Å². The number of amides is 2. The van der Waals surface area contributed by atoms with Gasteiger partial charge in [-0.15, -0.1) is 0 Å². The van der Waals surface area contributed by atoms with Gasteiger partial charge in [0.25, 0.3) is 5.91 Å². The number of carboxylic acid groups (broad SMARTS) is 1. The van der Waals surface area contributed by atoms with Crippen molar-refractivity contribution in [3.63, 3.8) is 0 Å². The van der Waals surface area contributed by atoms with E-state index in [0.717, 1.165) is 0 Å². The lowest BCUT2D eigenvalue weighted by molar-refractivity contribution is -0.142. The number of hydrogen-bond donors (Lipinski definition) is 3. The second-order valence-corrected chi connectivity index (χ2v) is 5.50. The number of hydrogen-bond acceptors (Lipinski definition) is 3. The van der Waals surface area contributed by atoms with E-state index in [1.165, 1.54) is 0 Å². The van der Waals surface area contributed by atoms with E-state index in [0.29, 0.717) is 31.2 Å². The molecule has 1 aromatic rings. The fourth-order valence-corrected chi connectivity index (χ4v) is 2.62. The first-order chi connectivity index (χ1) is 10.6. The summed E-state index contributed by atoms with van der Waals surface area (Å²) in [7, 11) is 0. The second kappa shape index (κ2) is 7.59. The molecule has 0 atom stereocenters. The average Bonchev–Trinajstić information content (AvgIpc) is 2.54. The molecular formula is C16H20N2O4. The van der Waals surface area contributed by atoms with Gasteiger partial charge in [0.2, 0.25) is 5.91 Å². The van der Waals surface area contributed by atoms with Crippen LogP contribution in [0, 0.1) is 5.92 Å². The van der Waals surface area contributed by atoms with E-state index in [-0.39, 0.29) is 30.3 Å². The maximum atomic E-state index is 11.8. The third-order valence-electron chi connectivity index (χ3n) is 3.89. The van der Waals surface area contributed by atoms with Crippen LogP contribution in [0.3, 0.4) is 0 Å². The van der Waals surface area contributed by atoms with Gasteiger partial charge >= 0.3 is 5.97 Å². The lowest BCUT2D eigenvalue weighted by atomic mass is 9.86. The molecule has 0 bridgehead atoms. The Morgan fingerprint density at radius 3 is 2.27 bits per heavy atom. The highest BCUT2D eigenvalue weighted by molar-refractivity contribution is 5.96. The summed E-state index contributed by atoms with van der Waals surface area (Å²) in [5.74, 6) is -1.60. The van der Waals surface area contributed by atoms with Crippen molar-refractivity contribution < 1.29 is 19.5 Å². The van der Waals surface area contributed by atoms with E-state index in [1.54, 1.807) is 24.3 Å². The Hall–Kier alpha value is -2.37. The highest BCUT2D eigenvalue weighted by atomic mass is 16.4. The number of aliphatic carboxylic acids is 1. The molecule has 6 heteroatoms. The van der Waals surface area contributed by atoms with Crippen LogP contribution < -0.4 is 10.6 Å². The molecule has 1 fully saturated rings. The van der Waals surface area contributed by atoms with Crippen molar-refractivity contribution in [1.82, 2.24) is 10.6 Å². The zero-order chi connectivity index (χ0) is 15.9. The molecule has 3 N–H and O–H groups in total. The molecule has 1 aliphatic carbocycles. The van der Waals surface area contributed by atoms with Crippen molar-refractivity contribution in [2.75, 3.05) is 6.54 Å². The predicted octanol–water partition coefficient (Wildman–Crippen LogP) is 1.18. The number of carbonyl (C=O) groups excluding carboxylic acids is 2. The Bertz CT molecular complexity index is 536. The minimum absolute atomic E-state index is 0.00303. The molecule has 0 spiro atoms. The van der Waals surface area contributed by atoms with Crippen LogP contribution in [-0.2, 0) is 9.59 Å². The van der Waals surface area contributed by atoms with Gasteiger partial charge in [0, 0.05) is 11.6 Å². The molecule has 0 saturated heterocycles. The van der Waals surface area contributed by atoms with Crippen LogP contribution in [0.2, 0.25) is 0 Å². The second-order valence-electron chi connectivity index (χ2n) is 5.50. The maximum Gasteiger partial charge on any atom is 0.306 e. The number of benzene rings is 1. The quantitative estimate of drug-likeness (QED) is 0.761. The molecule has 0 heterocycles. The first-order valence-corrected chi connectivity index (χ1v) is 7.41. The standard InChI is InChI=1S/C16H20N2O4/c19-14(10-17-15(20)11-4-2-1-3-5-11)18-13-8-6-12(7-9-13)16(21)22/h1-5,12-13H,6-10H2,(H,17,20)(H,18,19)(H,21,22). The summed E-state index contributed by atoms with van der Waals surface area (Å²) in [6.45, 7) is -0.0768. The van der Waals surface area contributed by atoms with Crippen LogP contribution in [0.25, 0.3) is 0 Å². The summed E-state index contributed by atoms with van der Waals surface area (Å²) in [6, 6.07) is 8.69. The molecular weight excluding hydrogens is 284 g/mol. The monoisotopic (exact) mass is 304 g/mol. The summed E-state index contributed by atoms with van der Waals surface area (Å²) < 4.78 is 0. The molecule has 22 heavy (non-hydrogen) atoms. The SMILES string of the molecule is O=C(CNC(=O)c1ccccc1)NC1CCC(C(=O)O)CC1. The number of carboxylic acids is 1. The van der Waals surface area contributed by atoms with Crippen LogP contribution in [0.4, 0.5) is 0 Å². The molecule has 0 aromatic heterocycles. The molecule has 1 aromatic carbocycles. The summed E-state index contributed by atoms with van der Waals surface area (Å²) in [6.07, 6.45) is 2.48. The average molecular weight is 304 g/mol. The summed E-state index contributed by atoms with van der Waals surface area (Å²) in [5.41, 5.74) is 0.511. The fourth-order valence-electron chi connectivity index (χ4n) is 2.62. The Morgan fingerprint density at radius 2 is 1.68 bits per heavy atom. The Kier molecular flexibility index (Phi) is 5.52. The van der Waals surface area contributed by atoms with Gasteiger partial charge in [-0.25, -0.2) is 0 Å². The van der Waals surface area contributed by atoms with Crippen LogP contribution >= 0.6 is 0 Å². The molecule has 1 saturated carbocycles. The van der Waals surface area contributed by atoms with Gasteiger partial charge < -0.3 is 15.7 Å². The van der Waals surface area contributed by atoms with Gasteiger partial charge in [-0.1, -0.05) is 18.2 Å². The number of rotatable bonds is 5. The minimum Gasteiger partial charge on any atom is -0.481 e. The summed E-state index contributed by atoms with van der Waals surface area (Å²) >= 11 is 0.